The van der Waals surface area contributed by atoms with Crippen molar-refractivity contribution in [3.63, 3.8) is 0 Å². The molecule has 1 N–H and O–H groups in total. The van der Waals surface area contributed by atoms with Crippen LogP contribution in [0.25, 0.3) is 0 Å². The van der Waals surface area contributed by atoms with E-state index in [1.807, 2.05) is 24.3 Å². The van der Waals surface area contributed by atoms with Crippen LogP contribution in [-0.2, 0) is 25.7 Å². The average molecular weight is 486 g/mol. The maximum absolute atomic E-state index is 12.6. The topological polar surface area (TPSA) is 12.0 Å². The first-order valence-electron chi connectivity index (χ1n) is 11.5. The molecule has 0 aromatic heterocycles. The summed E-state index contributed by atoms with van der Waals surface area (Å²) in [6.45, 7) is 3.37. The minimum Gasteiger partial charge on any atom is -0.309 e. The number of aryl methyl sites for hydroxylation is 1. The standard InChI is InChI=1S/C29H30F3N.ClH/c1-2-3-4-5-6-23-7-9-24(10-8-23)11-12-25-13-15-26(16-14-25)21-33-22-27-17-19-28(20-18-27)29(30,31)32;/h7-10,13-20,33H,2-6,21-22H2,1H3;1H. The summed E-state index contributed by atoms with van der Waals surface area (Å²) in [6, 6.07) is 21.8. The number of halogens is 4. The molecule has 180 valence electrons. The van der Waals surface area contributed by atoms with Gasteiger partial charge < -0.3 is 5.32 Å². The maximum atomic E-state index is 12.6. The van der Waals surface area contributed by atoms with Crippen LogP contribution in [-0.4, -0.2) is 0 Å². The molecular formula is C29H31ClF3N. The van der Waals surface area contributed by atoms with Gasteiger partial charge in [0.15, 0.2) is 0 Å². The van der Waals surface area contributed by atoms with E-state index in [1.54, 1.807) is 0 Å². The van der Waals surface area contributed by atoms with E-state index >= 15 is 0 Å². The molecule has 0 radical (unpaired) electrons. The van der Waals surface area contributed by atoms with Crippen molar-refractivity contribution in [3.05, 3.63) is 106 Å². The third kappa shape index (κ3) is 9.25. The van der Waals surface area contributed by atoms with Crippen LogP contribution in [0.4, 0.5) is 13.2 Å². The van der Waals surface area contributed by atoms with E-state index in [2.05, 4.69) is 48.3 Å². The molecule has 3 aromatic carbocycles. The third-order valence-corrected chi connectivity index (χ3v) is 5.52. The van der Waals surface area contributed by atoms with Crippen LogP contribution in [0.3, 0.4) is 0 Å². The smallest absolute Gasteiger partial charge is 0.309 e. The Bertz CT molecular complexity index is 1040. The highest BCUT2D eigenvalue weighted by atomic mass is 35.5. The van der Waals surface area contributed by atoms with Crippen LogP contribution < -0.4 is 5.32 Å². The molecule has 0 aliphatic rings. The van der Waals surface area contributed by atoms with E-state index < -0.39 is 11.7 Å². The second kappa shape index (κ2) is 13.8. The first-order valence-corrected chi connectivity index (χ1v) is 11.5. The molecule has 0 aliphatic heterocycles. The fourth-order valence-corrected chi connectivity index (χ4v) is 3.52. The van der Waals surface area contributed by atoms with E-state index in [-0.39, 0.29) is 12.4 Å². The molecule has 0 aliphatic carbocycles. The molecule has 1 nitrogen and oxygen atoms in total. The lowest BCUT2D eigenvalue weighted by Gasteiger charge is -2.08. The Morgan fingerprint density at radius 3 is 1.59 bits per heavy atom. The summed E-state index contributed by atoms with van der Waals surface area (Å²) in [5.74, 6) is 6.42. The van der Waals surface area contributed by atoms with Crippen molar-refractivity contribution in [1.82, 2.24) is 5.32 Å². The fraction of sp³-hybridized carbons (Fsp3) is 0.310. The number of benzene rings is 3. The van der Waals surface area contributed by atoms with Crippen LogP contribution in [0.1, 0.15) is 66.0 Å². The molecule has 3 rings (SSSR count). The van der Waals surface area contributed by atoms with Gasteiger partial charge in [0.05, 0.1) is 5.56 Å². The average Bonchev–Trinajstić information content (AvgIpc) is 2.82. The maximum Gasteiger partial charge on any atom is 0.416 e. The summed E-state index contributed by atoms with van der Waals surface area (Å²) in [5.41, 5.74) is 4.61. The van der Waals surface area contributed by atoms with Crippen molar-refractivity contribution in [2.45, 2.75) is 58.3 Å². The van der Waals surface area contributed by atoms with E-state index in [0.717, 1.165) is 40.8 Å². The van der Waals surface area contributed by atoms with E-state index in [4.69, 9.17) is 0 Å². The Kier molecular flexibility index (Phi) is 11.2. The number of rotatable bonds is 9. The van der Waals surface area contributed by atoms with Gasteiger partial charge in [-0.1, -0.05) is 74.4 Å². The SMILES string of the molecule is CCCCCCc1ccc(C#Cc2ccc(CNCc3ccc(C(F)(F)F)cc3)cc2)cc1.Cl. The molecule has 0 spiro atoms. The Balaban J connectivity index is 0.00000408. The zero-order valence-electron chi connectivity index (χ0n) is 19.4. The summed E-state index contributed by atoms with van der Waals surface area (Å²) < 4.78 is 37.9. The molecule has 0 saturated carbocycles. The van der Waals surface area contributed by atoms with Crippen LogP contribution in [0, 0.1) is 11.8 Å². The van der Waals surface area contributed by atoms with Gasteiger partial charge in [-0.2, -0.15) is 13.2 Å². The molecule has 5 heteroatoms. The Labute approximate surface area is 207 Å². The fourth-order valence-electron chi connectivity index (χ4n) is 3.52. The van der Waals surface area contributed by atoms with Gasteiger partial charge in [-0.3, -0.25) is 0 Å². The van der Waals surface area contributed by atoms with E-state index in [0.29, 0.717) is 13.1 Å². The molecule has 0 atom stereocenters. The number of hydrogen-bond acceptors (Lipinski definition) is 1. The predicted octanol–water partition coefficient (Wildman–Crippen LogP) is 7.94. The normalized spacial score (nSPS) is 10.8. The second-order valence-electron chi connectivity index (χ2n) is 8.25. The zero-order valence-corrected chi connectivity index (χ0v) is 20.2. The summed E-state index contributed by atoms with van der Waals surface area (Å²) in [4.78, 5) is 0. The minimum atomic E-state index is -4.30. The van der Waals surface area contributed by atoms with Gasteiger partial charge in [-0.25, -0.2) is 0 Å². The molecule has 0 saturated heterocycles. The van der Waals surface area contributed by atoms with Gasteiger partial charge in [-0.05, 0) is 65.9 Å². The second-order valence-corrected chi connectivity index (χ2v) is 8.25. The molecule has 0 fully saturated rings. The number of hydrogen-bond donors (Lipinski definition) is 1. The molecule has 0 unspecified atom stereocenters. The van der Waals surface area contributed by atoms with Crippen molar-refractivity contribution in [3.8, 4) is 11.8 Å². The van der Waals surface area contributed by atoms with Gasteiger partial charge in [0.1, 0.15) is 0 Å². The monoisotopic (exact) mass is 485 g/mol. The third-order valence-electron chi connectivity index (χ3n) is 5.52. The summed E-state index contributed by atoms with van der Waals surface area (Å²) >= 11 is 0. The van der Waals surface area contributed by atoms with E-state index in [9.17, 15) is 13.2 Å². The van der Waals surface area contributed by atoms with Gasteiger partial charge in [-0.15, -0.1) is 12.4 Å². The number of alkyl halides is 3. The molecular weight excluding hydrogens is 455 g/mol. The minimum absolute atomic E-state index is 0. The van der Waals surface area contributed by atoms with Crippen molar-refractivity contribution in [2.24, 2.45) is 0 Å². The largest absolute Gasteiger partial charge is 0.416 e. The Morgan fingerprint density at radius 1 is 0.647 bits per heavy atom. The van der Waals surface area contributed by atoms with Crippen LogP contribution >= 0.6 is 12.4 Å². The van der Waals surface area contributed by atoms with Crippen molar-refractivity contribution in [2.75, 3.05) is 0 Å². The Hall–Kier alpha value is -2.74. The van der Waals surface area contributed by atoms with Crippen molar-refractivity contribution >= 4 is 12.4 Å². The quantitative estimate of drug-likeness (QED) is 0.239. The summed E-state index contributed by atoms with van der Waals surface area (Å²) in [5, 5.41) is 3.26. The highest BCUT2D eigenvalue weighted by Crippen LogP contribution is 2.29. The summed E-state index contributed by atoms with van der Waals surface area (Å²) in [7, 11) is 0. The Morgan fingerprint density at radius 2 is 1.12 bits per heavy atom. The van der Waals surface area contributed by atoms with Crippen LogP contribution in [0.15, 0.2) is 72.8 Å². The first-order chi connectivity index (χ1) is 15.9. The first kappa shape index (κ1) is 27.5. The molecule has 0 heterocycles. The van der Waals surface area contributed by atoms with Crippen LogP contribution in [0.2, 0.25) is 0 Å². The highest BCUT2D eigenvalue weighted by molar-refractivity contribution is 5.85. The van der Waals surface area contributed by atoms with Gasteiger partial charge in [0.25, 0.3) is 0 Å². The lowest BCUT2D eigenvalue weighted by Crippen LogP contribution is -2.13. The predicted molar refractivity (Wildman–Crippen MR) is 136 cm³/mol. The highest BCUT2D eigenvalue weighted by Gasteiger charge is 2.29. The number of nitrogens with one attached hydrogen (secondary N) is 1. The molecule has 0 bridgehead atoms. The summed E-state index contributed by atoms with van der Waals surface area (Å²) in [6.07, 6.45) is 1.92. The molecule has 0 amide bonds. The van der Waals surface area contributed by atoms with Gasteiger partial charge >= 0.3 is 6.18 Å². The van der Waals surface area contributed by atoms with E-state index in [1.165, 1.54) is 43.4 Å². The van der Waals surface area contributed by atoms with Crippen molar-refractivity contribution in [1.29, 1.82) is 0 Å². The molecule has 3 aromatic rings. The lowest BCUT2D eigenvalue weighted by molar-refractivity contribution is -0.137. The van der Waals surface area contributed by atoms with Gasteiger partial charge in [0.2, 0.25) is 0 Å². The lowest BCUT2D eigenvalue weighted by atomic mass is 10.0. The molecule has 34 heavy (non-hydrogen) atoms. The van der Waals surface area contributed by atoms with Gasteiger partial charge in [0, 0.05) is 24.2 Å². The van der Waals surface area contributed by atoms with Crippen LogP contribution in [0.5, 0.6) is 0 Å². The zero-order chi connectivity index (χ0) is 23.5. The number of unbranched alkanes of at least 4 members (excludes halogenated alkanes) is 3. The van der Waals surface area contributed by atoms with Crippen molar-refractivity contribution < 1.29 is 13.2 Å².